The third kappa shape index (κ3) is 9.97. The van der Waals surface area contributed by atoms with Crippen LogP contribution in [0.25, 0.3) is 0 Å². The van der Waals surface area contributed by atoms with Crippen LogP contribution >= 0.6 is 0 Å². The molecule has 0 N–H and O–H groups in total. The molecule has 0 aliphatic heterocycles. The van der Waals surface area contributed by atoms with Crippen molar-refractivity contribution in [2.75, 3.05) is 0 Å². The average molecular weight is 216 g/mol. The molecule has 0 atom stereocenters. The second kappa shape index (κ2) is 8.22. The molecule has 86 valence electrons. The van der Waals surface area contributed by atoms with Crippen LogP contribution in [0.4, 0.5) is 0 Å². The summed E-state index contributed by atoms with van der Waals surface area (Å²) in [7, 11) is -0.454. The topological polar surface area (TPSA) is 17.1 Å². The lowest BCUT2D eigenvalue weighted by Gasteiger charge is -2.26. The Morgan fingerprint density at radius 3 is 0.929 bits per heavy atom. The molecule has 0 saturated heterocycles. The lowest BCUT2D eigenvalue weighted by Crippen LogP contribution is -2.24. The molecule has 0 heterocycles. The second-order valence-electron chi connectivity index (χ2n) is 5.22. The van der Waals surface area contributed by atoms with Gasteiger partial charge in [-0.2, -0.15) is 0 Å². The molecule has 0 rings (SSSR count). The van der Waals surface area contributed by atoms with Crippen molar-refractivity contribution in [3.05, 3.63) is 0 Å². The van der Waals surface area contributed by atoms with Gasteiger partial charge in [-0.15, -0.1) is 0 Å². The molecule has 0 unspecified atom stereocenters. The van der Waals surface area contributed by atoms with Gasteiger partial charge in [0.2, 0.25) is 0 Å². The van der Waals surface area contributed by atoms with Gasteiger partial charge in [-0.05, 0) is 13.8 Å². The lowest BCUT2D eigenvalue weighted by atomic mass is 10.5. The van der Waals surface area contributed by atoms with Gasteiger partial charge in [0, 0.05) is 8.80 Å². The average Bonchev–Trinajstić information content (AvgIpc) is 1.80. The maximum Gasteiger partial charge on any atom is 0.126 e. The van der Waals surface area contributed by atoms with Crippen LogP contribution in [0, 0.1) is 0 Å². The minimum atomic E-state index is -0.454. The summed E-state index contributed by atoms with van der Waals surface area (Å²) in [6.07, 6.45) is 0. The smallest absolute Gasteiger partial charge is 0.126 e. The van der Waals surface area contributed by atoms with E-state index in [0.717, 1.165) is 16.6 Å². The fourth-order valence-electron chi connectivity index (χ4n) is 2.31. The molecule has 0 aromatic heterocycles. The zero-order chi connectivity index (χ0) is 11.9. The molecule has 0 saturated carbocycles. The SMILES string of the molecule is CC(C)=O.CC(C)[SiH](C(C)C)C(C)C. The molecule has 0 fully saturated rings. The molecule has 1 nitrogen and oxygen atoms in total. The number of hydrogen-bond acceptors (Lipinski definition) is 1. The van der Waals surface area contributed by atoms with E-state index >= 15 is 0 Å². The van der Waals surface area contributed by atoms with Crippen LogP contribution in [-0.4, -0.2) is 14.6 Å². The minimum absolute atomic E-state index is 0.167. The van der Waals surface area contributed by atoms with E-state index in [-0.39, 0.29) is 5.78 Å². The third-order valence-corrected chi connectivity index (χ3v) is 6.93. The molecule has 0 aromatic rings. The van der Waals surface area contributed by atoms with Crippen LogP contribution < -0.4 is 0 Å². The minimum Gasteiger partial charge on any atom is -0.300 e. The quantitative estimate of drug-likeness (QED) is 0.651. The van der Waals surface area contributed by atoms with Gasteiger partial charge in [0.15, 0.2) is 0 Å². The van der Waals surface area contributed by atoms with Crippen LogP contribution in [0.3, 0.4) is 0 Å². The van der Waals surface area contributed by atoms with Gasteiger partial charge in [0.25, 0.3) is 0 Å². The summed E-state index contributed by atoms with van der Waals surface area (Å²) in [5.41, 5.74) is 2.92. The largest absolute Gasteiger partial charge is 0.300 e. The molecule has 0 amide bonds. The Labute approximate surface area is 91.9 Å². The van der Waals surface area contributed by atoms with E-state index < -0.39 is 8.80 Å². The van der Waals surface area contributed by atoms with Crippen molar-refractivity contribution < 1.29 is 4.79 Å². The molecule has 0 radical (unpaired) electrons. The Morgan fingerprint density at radius 1 is 0.786 bits per heavy atom. The van der Waals surface area contributed by atoms with E-state index in [1.165, 1.54) is 13.8 Å². The molecule has 14 heavy (non-hydrogen) atoms. The van der Waals surface area contributed by atoms with Crippen molar-refractivity contribution in [3.63, 3.8) is 0 Å². The Morgan fingerprint density at radius 2 is 0.929 bits per heavy atom. The van der Waals surface area contributed by atoms with Crippen LogP contribution in [-0.2, 0) is 4.79 Å². The highest BCUT2D eigenvalue weighted by molar-refractivity contribution is 6.63. The highest BCUT2D eigenvalue weighted by Crippen LogP contribution is 2.28. The fraction of sp³-hybridized carbons (Fsp3) is 0.917. The van der Waals surface area contributed by atoms with Crippen LogP contribution in [0.15, 0.2) is 0 Å². The van der Waals surface area contributed by atoms with E-state index in [1.807, 2.05) is 0 Å². The lowest BCUT2D eigenvalue weighted by molar-refractivity contribution is -0.114. The van der Waals surface area contributed by atoms with Gasteiger partial charge in [-0.25, -0.2) is 0 Å². The first-order valence-electron chi connectivity index (χ1n) is 5.67. The molecule has 0 bridgehead atoms. The van der Waals surface area contributed by atoms with E-state index in [0.29, 0.717) is 0 Å². The predicted octanol–water partition coefficient (Wildman–Crippen LogP) is 4.04. The molecule has 0 spiro atoms. The van der Waals surface area contributed by atoms with Crippen LogP contribution in [0.2, 0.25) is 16.6 Å². The fourth-order valence-corrected chi connectivity index (χ4v) is 6.93. The van der Waals surface area contributed by atoms with Gasteiger partial charge < -0.3 is 4.79 Å². The summed E-state index contributed by atoms with van der Waals surface area (Å²) in [5, 5.41) is 0. The second-order valence-corrected chi connectivity index (χ2v) is 10.4. The first-order valence-corrected chi connectivity index (χ1v) is 7.67. The van der Waals surface area contributed by atoms with Crippen LogP contribution in [0.5, 0.6) is 0 Å². The summed E-state index contributed by atoms with van der Waals surface area (Å²) in [6, 6.07) is 0. The van der Waals surface area contributed by atoms with Crippen molar-refractivity contribution in [1.29, 1.82) is 0 Å². The normalized spacial score (nSPS) is 10.9. The monoisotopic (exact) mass is 216 g/mol. The molecule has 0 aliphatic rings. The number of carbonyl (C=O) groups is 1. The number of rotatable bonds is 3. The van der Waals surface area contributed by atoms with Crippen molar-refractivity contribution in [2.45, 2.75) is 72.0 Å². The van der Waals surface area contributed by atoms with Crippen molar-refractivity contribution >= 4 is 14.6 Å². The molecule has 0 aromatic carbocycles. The van der Waals surface area contributed by atoms with E-state index in [2.05, 4.69) is 41.5 Å². The van der Waals surface area contributed by atoms with Gasteiger partial charge in [-0.1, -0.05) is 58.2 Å². The van der Waals surface area contributed by atoms with Crippen molar-refractivity contribution in [3.8, 4) is 0 Å². The Balaban J connectivity index is 0. The predicted molar refractivity (Wildman–Crippen MR) is 68.8 cm³/mol. The third-order valence-electron chi connectivity index (χ3n) is 2.31. The summed E-state index contributed by atoms with van der Waals surface area (Å²) in [5.74, 6) is 0.167. The molecular formula is C12H28OSi. The zero-order valence-electron chi connectivity index (χ0n) is 11.2. The Bertz CT molecular complexity index is 127. The summed E-state index contributed by atoms with van der Waals surface area (Å²) < 4.78 is 0. The zero-order valence-corrected chi connectivity index (χ0v) is 12.4. The number of hydrogen-bond donors (Lipinski definition) is 0. The molecular weight excluding hydrogens is 188 g/mol. The van der Waals surface area contributed by atoms with Crippen molar-refractivity contribution in [2.24, 2.45) is 0 Å². The van der Waals surface area contributed by atoms with Gasteiger partial charge in [-0.3, -0.25) is 0 Å². The number of Topliss-reactive ketones (excluding diaryl/α,β-unsaturated/α-hetero) is 1. The van der Waals surface area contributed by atoms with Crippen LogP contribution in [0.1, 0.15) is 55.4 Å². The van der Waals surface area contributed by atoms with Gasteiger partial charge >= 0.3 is 0 Å². The maximum atomic E-state index is 9.44. The summed E-state index contributed by atoms with van der Waals surface area (Å²) in [4.78, 5) is 9.44. The number of ketones is 1. The summed E-state index contributed by atoms with van der Waals surface area (Å²) in [6.45, 7) is 17.4. The van der Waals surface area contributed by atoms with Gasteiger partial charge in [0.05, 0.1) is 0 Å². The maximum absolute atomic E-state index is 9.44. The Kier molecular flexibility index (Phi) is 9.58. The van der Waals surface area contributed by atoms with E-state index in [9.17, 15) is 4.79 Å². The van der Waals surface area contributed by atoms with Gasteiger partial charge in [0.1, 0.15) is 5.78 Å². The highest BCUT2D eigenvalue weighted by Gasteiger charge is 2.22. The van der Waals surface area contributed by atoms with E-state index in [4.69, 9.17) is 0 Å². The summed E-state index contributed by atoms with van der Waals surface area (Å²) >= 11 is 0. The first kappa shape index (κ1) is 16.3. The highest BCUT2D eigenvalue weighted by atomic mass is 28.3. The molecule has 2 heteroatoms. The van der Waals surface area contributed by atoms with Crippen molar-refractivity contribution in [1.82, 2.24) is 0 Å². The Hall–Kier alpha value is -0.113. The van der Waals surface area contributed by atoms with E-state index in [1.54, 1.807) is 0 Å². The first-order chi connectivity index (χ1) is 6.20. The molecule has 0 aliphatic carbocycles. The standard InChI is InChI=1S/C9H22Si.C3H6O/c1-7(2)10(8(3)4)9(5)6;1-3(2)4/h7-10H,1-6H3;1-2H3. The number of carbonyl (C=O) groups excluding carboxylic acids is 1.